The average Bonchev–Trinajstić information content (AvgIpc) is 2.47. The zero-order valence-electron chi connectivity index (χ0n) is 6.16. The van der Waals surface area contributed by atoms with Crippen LogP contribution >= 0.6 is 12.4 Å². The molecule has 0 spiro atoms. The van der Waals surface area contributed by atoms with Gasteiger partial charge < -0.3 is 10.3 Å². The Labute approximate surface area is 75.7 Å². The van der Waals surface area contributed by atoms with E-state index in [1.165, 1.54) is 0 Å². The topological polar surface area (TPSA) is 64.0 Å². The third-order valence-electron chi connectivity index (χ3n) is 1.63. The van der Waals surface area contributed by atoms with Gasteiger partial charge in [-0.1, -0.05) is 0 Å². The smallest absolute Gasteiger partial charge is 0.103 e. The van der Waals surface area contributed by atoms with Gasteiger partial charge in [-0.15, -0.1) is 12.4 Å². The molecule has 1 aromatic rings. The number of nitriles is 1. The van der Waals surface area contributed by atoms with Crippen molar-refractivity contribution in [3.63, 3.8) is 0 Å². The van der Waals surface area contributed by atoms with Crippen molar-refractivity contribution in [1.29, 1.82) is 5.26 Å². The number of aromatic amines is 1. The second-order valence-electron chi connectivity index (χ2n) is 2.28. The highest BCUT2D eigenvalue weighted by Gasteiger charge is 2.11. The Bertz CT molecular complexity index is 347. The molecule has 1 aliphatic heterocycles. The van der Waals surface area contributed by atoms with Crippen LogP contribution in [0.5, 0.6) is 0 Å². The largest absolute Gasteiger partial charge is 0.360 e. The maximum absolute atomic E-state index is 8.63. The van der Waals surface area contributed by atoms with Gasteiger partial charge in [-0.3, -0.25) is 4.99 Å². The summed E-state index contributed by atoms with van der Waals surface area (Å²) in [5.41, 5.74) is 2.48. The van der Waals surface area contributed by atoms with E-state index < -0.39 is 0 Å². The van der Waals surface area contributed by atoms with Crippen molar-refractivity contribution in [2.24, 2.45) is 4.99 Å². The Hall–Kier alpha value is -1.47. The van der Waals surface area contributed by atoms with E-state index in [0.717, 1.165) is 11.4 Å². The van der Waals surface area contributed by atoms with Crippen LogP contribution in [0.4, 0.5) is 5.69 Å². The van der Waals surface area contributed by atoms with Crippen LogP contribution in [0.2, 0.25) is 0 Å². The van der Waals surface area contributed by atoms with Gasteiger partial charge in [-0.05, 0) is 0 Å². The molecule has 5 heteroatoms. The maximum Gasteiger partial charge on any atom is 0.103 e. The van der Waals surface area contributed by atoms with Crippen molar-refractivity contribution < 1.29 is 0 Å². The minimum absolute atomic E-state index is 0. The van der Waals surface area contributed by atoms with Crippen LogP contribution < -0.4 is 5.32 Å². The highest BCUT2D eigenvalue weighted by Crippen LogP contribution is 2.21. The first-order chi connectivity index (χ1) is 5.42. The monoisotopic (exact) mass is 182 g/mol. The number of fused-ring (bicyclic) bond motifs is 1. The van der Waals surface area contributed by atoms with Crippen LogP contribution in [0.15, 0.2) is 11.2 Å². The number of nitrogens with zero attached hydrogens (tertiary/aromatic N) is 2. The van der Waals surface area contributed by atoms with Crippen molar-refractivity contribution in [2.45, 2.75) is 6.54 Å². The number of aromatic nitrogens is 1. The van der Waals surface area contributed by atoms with Crippen LogP contribution in [0, 0.1) is 11.3 Å². The van der Waals surface area contributed by atoms with Crippen LogP contribution in [-0.4, -0.2) is 11.3 Å². The molecule has 0 saturated heterocycles. The number of anilines is 1. The second-order valence-corrected chi connectivity index (χ2v) is 2.28. The third kappa shape index (κ3) is 1.15. The lowest BCUT2D eigenvalue weighted by atomic mass is 10.2. The van der Waals surface area contributed by atoms with Gasteiger partial charge in [0.1, 0.15) is 6.07 Å². The van der Waals surface area contributed by atoms with Gasteiger partial charge in [-0.2, -0.15) is 5.26 Å². The molecule has 1 aliphatic rings. The number of halogens is 1. The minimum Gasteiger partial charge on any atom is -0.360 e. The van der Waals surface area contributed by atoms with Crippen molar-refractivity contribution in [3.8, 4) is 6.07 Å². The standard InChI is InChI=1S/C7H6N4.ClH/c8-1-5-2-10-6-3-9-4-11-7(5)6;/h2,4,10H,3H2,(H,9,11);1H. The normalized spacial score (nSPS) is 12.2. The molecule has 62 valence electrons. The lowest BCUT2D eigenvalue weighted by Crippen LogP contribution is -2.04. The average molecular weight is 183 g/mol. The summed E-state index contributed by atoms with van der Waals surface area (Å²) < 4.78 is 0. The summed E-state index contributed by atoms with van der Waals surface area (Å²) in [5.74, 6) is 0. The summed E-state index contributed by atoms with van der Waals surface area (Å²) in [5, 5.41) is 11.5. The predicted molar refractivity (Wildman–Crippen MR) is 48.6 cm³/mol. The van der Waals surface area contributed by atoms with Gasteiger partial charge in [0, 0.05) is 6.20 Å². The van der Waals surface area contributed by atoms with Gasteiger partial charge in [-0.25, -0.2) is 0 Å². The van der Waals surface area contributed by atoms with Crippen LogP contribution in [0.25, 0.3) is 0 Å². The molecule has 0 amide bonds. The fourth-order valence-corrected chi connectivity index (χ4v) is 1.09. The first-order valence-electron chi connectivity index (χ1n) is 3.27. The molecule has 2 heterocycles. The first-order valence-corrected chi connectivity index (χ1v) is 3.27. The van der Waals surface area contributed by atoms with Crippen molar-refractivity contribution >= 4 is 24.4 Å². The summed E-state index contributed by atoms with van der Waals surface area (Å²) in [6.45, 7) is 0.629. The molecular weight excluding hydrogens is 176 g/mol. The Morgan fingerprint density at radius 3 is 3.17 bits per heavy atom. The fourth-order valence-electron chi connectivity index (χ4n) is 1.09. The predicted octanol–water partition coefficient (Wildman–Crippen LogP) is 1.26. The SMILES string of the molecule is Cl.N#Cc1c[nH]c2c1NC=NC2. The summed E-state index contributed by atoms with van der Waals surface area (Å²) in [7, 11) is 0. The van der Waals surface area contributed by atoms with Crippen molar-refractivity contribution in [1.82, 2.24) is 4.98 Å². The Morgan fingerprint density at radius 2 is 2.42 bits per heavy atom. The molecule has 2 N–H and O–H groups in total. The molecular formula is C7H7ClN4. The number of hydrogen-bond donors (Lipinski definition) is 2. The van der Waals surface area contributed by atoms with E-state index in [1.54, 1.807) is 12.5 Å². The fraction of sp³-hybridized carbons (Fsp3) is 0.143. The van der Waals surface area contributed by atoms with E-state index in [2.05, 4.69) is 21.4 Å². The molecule has 0 aromatic carbocycles. The Kier molecular flexibility index (Phi) is 2.36. The van der Waals surface area contributed by atoms with Gasteiger partial charge in [0.05, 0.1) is 29.8 Å². The van der Waals surface area contributed by atoms with Crippen LogP contribution in [0.3, 0.4) is 0 Å². The van der Waals surface area contributed by atoms with Gasteiger partial charge in [0.2, 0.25) is 0 Å². The molecule has 2 rings (SSSR count). The van der Waals surface area contributed by atoms with Crippen molar-refractivity contribution in [3.05, 3.63) is 17.5 Å². The number of aliphatic imine (C=N–C) groups is 1. The molecule has 0 unspecified atom stereocenters. The van der Waals surface area contributed by atoms with Gasteiger partial charge in [0.25, 0.3) is 0 Å². The number of H-pyrrole nitrogens is 1. The summed E-state index contributed by atoms with van der Waals surface area (Å²) >= 11 is 0. The minimum atomic E-state index is 0. The molecule has 0 saturated carbocycles. The third-order valence-corrected chi connectivity index (χ3v) is 1.63. The molecule has 0 atom stereocenters. The molecule has 0 bridgehead atoms. The lowest BCUT2D eigenvalue weighted by Gasteiger charge is -2.05. The molecule has 0 aliphatic carbocycles. The maximum atomic E-state index is 8.63. The number of rotatable bonds is 0. The zero-order chi connectivity index (χ0) is 7.68. The molecule has 0 fully saturated rings. The van der Waals surface area contributed by atoms with Crippen LogP contribution in [-0.2, 0) is 6.54 Å². The number of nitrogens with one attached hydrogen (secondary N) is 2. The van der Waals surface area contributed by atoms with E-state index in [0.29, 0.717) is 12.1 Å². The van der Waals surface area contributed by atoms with Crippen molar-refractivity contribution in [2.75, 3.05) is 5.32 Å². The molecule has 0 radical (unpaired) electrons. The highest BCUT2D eigenvalue weighted by atomic mass is 35.5. The molecule has 12 heavy (non-hydrogen) atoms. The second kappa shape index (κ2) is 3.28. The highest BCUT2D eigenvalue weighted by molar-refractivity contribution is 5.85. The van der Waals surface area contributed by atoms with E-state index in [4.69, 9.17) is 5.26 Å². The zero-order valence-corrected chi connectivity index (χ0v) is 6.98. The molecule has 4 nitrogen and oxygen atoms in total. The van der Waals surface area contributed by atoms with E-state index in [-0.39, 0.29) is 12.4 Å². The van der Waals surface area contributed by atoms with E-state index in [9.17, 15) is 0 Å². The van der Waals surface area contributed by atoms with Gasteiger partial charge >= 0.3 is 0 Å². The number of hydrogen-bond acceptors (Lipinski definition) is 3. The van der Waals surface area contributed by atoms with Gasteiger partial charge in [0.15, 0.2) is 0 Å². The Balaban J connectivity index is 0.000000720. The Morgan fingerprint density at radius 1 is 1.58 bits per heavy atom. The summed E-state index contributed by atoms with van der Waals surface area (Å²) in [6.07, 6.45) is 3.30. The van der Waals surface area contributed by atoms with E-state index >= 15 is 0 Å². The van der Waals surface area contributed by atoms with Crippen LogP contribution in [0.1, 0.15) is 11.3 Å². The molecule has 1 aromatic heterocycles. The summed E-state index contributed by atoms with van der Waals surface area (Å²) in [4.78, 5) is 6.97. The first kappa shape index (κ1) is 8.62. The quantitative estimate of drug-likeness (QED) is 0.635. The lowest BCUT2D eigenvalue weighted by molar-refractivity contribution is 1.01. The summed E-state index contributed by atoms with van der Waals surface area (Å²) in [6, 6.07) is 2.08. The van der Waals surface area contributed by atoms with E-state index in [1.807, 2.05) is 0 Å².